The first-order valence-corrected chi connectivity index (χ1v) is 9.26. The fraction of sp³-hybridized carbons (Fsp3) is 0.286. The minimum absolute atomic E-state index is 0.571. The summed E-state index contributed by atoms with van der Waals surface area (Å²) < 4.78 is 0. The van der Waals surface area contributed by atoms with E-state index in [0.717, 1.165) is 43.4 Å². The van der Waals surface area contributed by atoms with Crippen LogP contribution in [0.2, 0.25) is 0 Å². The van der Waals surface area contributed by atoms with Gasteiger partial charge in [-0.1, -0.05) is 48.0 Å². The maximum Gasteiger partial charge on any atom is 0.232 e. The van der Waals surface area contributed by atoms with Gasteiger partial charge >= 0.3 is 0 Å². The van der Waals surface area contributed by atoms with Crippen LogP contribution in [0.15, 0.2) is 54.6 Å². The van der Waals surface area contributed by atoms with Crippen molar-refractivity contribution in [3.05, 3.63) is 60.2 Å². The molecular weight excluding hydrogens is 336 g/mol. The number of likely N-dealkylation sites (N-methyl/N-ethyl adjacent to an activating group) is 1. The Kier molecular flexibility index (Phi) is 4.98. The summed E-state index contributed by atoms with van der Waals surface area (Å²) in [5.41, 5.74) is 3.18. The summed E-state index contributed by atoms with van der Waals surface area (Å²) in [5, 5.41) is 3.33. The van der Waals surface area contributed by atoms with E-state index in [2.05, 4.69) is 46.2 Å². The molecule has 0 unspecified atom stereocenters. The Morgan fingerprint density at radius 3 is 2.22 bits per heavy atom. The molecule has 2 aromatic carbocycles. The van der Waals surface area contributed by atoms with Crippen molar-refractivity contribution >= 4 is 17.6 Å². The third-order valence-electron chi connectivity index (χ3n) is 4.75. The van der Waals surface area contributed by atoms with Gasteiger partial charge in [0.2, 0.25) is 11.9 Å². The van der Waals surface area contributed by atoms with Crippen LogP contribution < -0.4 is 10.2 Å². The van der Waals surface area contributed by atoms with E-state index in [1.54, 1.807) is 0 Å². The van der Waals surface area contributed by atoms with Gasteiger partial charge in [-0.05, 0) is 26.1 Å². The molecule has 2 heterocycles. The molecule has 1 fully saturated rings. The molecule has 4 rings (SSSR count). The lowest BCUT2D eigenvalue weighted by Gasteiger charge is -2.32. The van der Waals surface area contributed by atoms with Crippen LogP contribution in [-0.2, 0) is 0 Å². The minimum Gasteiger partial charge on any atom is -0.338 e. The zero-order valence-corrected chi connectivity index (χ0v) is 15.8. The van der Waals surface area contributed by atoms with E-state index in [0.29, 0.717) is 11.8 Å². The molecule has 0 bridgehead atoms. The number of hydrogen-bond acceptors (Lipinski definition) is 6. The number of rotatable bonds is 4. The number of piperazine rings is 1. The van der Waals surface area contributed by atoms with E-state index < -0.39 is 0 Å². The van der Waals surface area contributed by atoms with E-state index >= 15 is 0 Å². The molecule has 138 valence electrons. The third kappa shape index (κ3) is 4.23. The molecule has 1 aliphatic rings. The number of nitrogens with one attached hydrogen (secondary N) is 1. The van der Waals surface area contributed by atoms with Gasteiger partial charge in [0.15, 0.2) is 5.82 Å². The summed E-state index contributed by atoms with van der Waals surface area (Å²) in [6, 6.07) is 18.3. The molecule has 0 amide bonds. The molecule has 27 heavy (non-hydrogen) atoms. The van der Waals surface area contributed by atoms with Gasteiger partial charge in [-0.25, -0.2) is 0 Å². The Bertz CT molecular complexity index is 886. The van der Waals surface area contributed by atoms with Crippen LogP contribution in [0.3, 0.4) is 0 Å². The second kappa shape index (κ2) is 7.72. The van der Waals surface area contributed by atoms with Crippen molar-refractivity contribution in [1.29, 1.82) is 0 Å². The summed E-state index contributed by atoms with van der Waals surface area (Å²) in [5.74, 6) is 1.99. The second-order valence-electron chi connectivity index (χ2n) is 6.93. The number of benzene rings is 2. The summed E-state index contributed by atoms with van der Waals surface area (Å²) in [4.78, 5) is 18.7. The van der Waals surface area contributed by atoms with Crippen molar-refractivity contribution in [2.75, 3.05) is 43.4 Å². The maximum absolute atomic E-state index is 4.75. The van der Waals surface area contributed by atoms with Gasteiger partial charge in [-0.3, -0.25) is 0 Å². The highest BCUT2D eigenvalue weighted by molar-refractivity contribution is 5.61. The SMILES string of the molecule is Cc1ccc(Nc2nc(-c3ccccc3)nc(N3CCN(C)CC3)n2)cc1. The van der Waals surface area contributed by atoms with Crippen LogP contribution in [-0.4, -0.2) is 53.1 Å². The Morgan fingerprint density at radius 2 is 1.52 bits per heavy atom. The van der Waals surface area contributed by atoms with Gasteiger partial charge in [0, 0.05) is 37.4 Å². The number of aryl methyl sites for hydroxylation is 1. The topological polar surface area (TPSA) is 57.2 Å². The summed E-state index contributed by atoms with van der Waals surface area (Å²) in [6.07, 6.45) is 0. The average molecular weight is 360 g/mol. The summed E-state index contributed by atoms with van der Waals surface area (Å²) in [6.45, 7) is 5.92. The smallest absolute Gasteiger partial charge is 0.232 e. The molecule has 1 saturated heterocycles. The van der Waals surface area contributed by atoms with Crippen LogP contribution in [0.5, 0.6) is 0 Å². The molecular formula is C21H24N6. The van der Waals surface area contributed by atoms with Gasteiger partial charge in [0.05, 0.1) is 0 Å². The van der Waals surface area contributed by atoms with Gasteiger partial charge in [-0.15, -0.1) is 0 Å². The van der Waals surface area contributed by atoms with E-state index in [9.17, 15) is 0 Å². The van der Waals surface area contributed by atoms with E-state index in [1.165, 1.54) is 5.56 Å². The average Bonchev–Trinajstić information content (AvgIpc) is 2.71. The fourth-order valence-corrected chi connectivity index (χ4v) is 3.05. The number of hydrogen-bond donors (Lipinski definition) is 1. The highest BCUT2D eigenvalue weighted by atomic mass is 15.3. The molecule has 0 radical (unpaired) electrons. The Balaban J connectivity index is 1.69. The third-order valence-corrected chi connectivity index (χ3v) is 4.75. The number of anilines is 3. The molecule has 0 saturated carbocycles. The predicted molar refractivity (Wildman–Crippen MR) is 109 cm³/mol. The lowest BCUT2D eigenvalue weighted by atomic mass is 10.2. The maximum atomic E-state index is 4.75. The van der Waals surface area contributed by atoms with Gasteiger partial charge < -0.3 is 15.1 Å². The van der Waals surface area contributed by atoms with E-state index in [1.807, 2.05) is 42.5 Å². The number of nitrogens with zero attached hydrogens (tertiary/aromatic N) is 5. The summed E-state index contributed by atoms with van der Waals surface area (Å²) in [7, 11) is 2.14. The molecule has 1 N–H and O–H groups in total. The molecule has 0 atom stereocenters. The standard InChI is InChI=1S/C21H24N6/c1-16-8-10-18(11-9-16)22-20-23-19(17-6-4-3-5-7-17)24-21(25-20)27-14-12-26(2)13-15-27/h3-11H,12-15H2,1-2H3,(H,22,23,24,25). The van der Waals surface area contributed by atoms with Crippen molar-refractivity contribution in [3.8, 4) is 11.4 Å². The Hall–Kier alpha value is -2.99. The van der Waals surface area contributed by atoms with Crippen molar-refractivity contribution in [1.82, 2.24) is 19.9 Å². The van der Waals surface area contributed by atoms with Crippen molar-refractivity contribution < 1.29 is 0 Å². The van der Waals surface area contributed by atoms with Crippen LogP contribution in [0.25, 0.3) is 11.4 Å². The van der Waals surface area contributed by atoms with Crippen molar-refractivity contribution in [3.63, 3.8) is 0 Å². The van der Waals surface area contributed by atoms with Crippen molar-refractivity contribution in [2.45, 2.75) is 6.92 Å². The monoisotopic (exact) mass is 360 g/mol. The lowest BCUT2D eigenvalue weighted by molar-refractivity contribution is 0.311. The van der Waals surface area contributed by atoms with E-state index in [-0.39, 0.29) is 0 Å². The normalized spacial score (nSPS) is 15.0. The van der Waals surface area contributed by atoms with Crippen molar-refractivity contribution in [2.24, 2.45) is 0 Å². The number of aromatic nitrogens is 3. The fourth-order valence-electron chi connectivity index (χ4n) is 3.05. The zero-order valence-electron chi connectivity index (χ0n) is 15.8. The lowest BCUT2D eigenvalue weighted by Crippen LogP contribution is -2.45. The molecule has 1 aliphatic heterocycles. The molecule has 0 spiro atoms. The largest absolute Gasteiger partial charge is 0.338 e. The van der Waals surface area contributed by atoms with Gasteiger partial charge in [0.25, 0.3) is 0 Å². The van der Waals surface area contributed by atoms with Crippen LogP contribution in [0, 0.1) is 6.92 Å². The van der Waals surface area contributed by atoms with Crippen LogP contribution in [0.1, 0.15) is 5.56 Å². The Morgan fingerprint density at radius 1 is 0.815 bits per heavy atom. The molecule has 6 heteroatoms. The first-order valence-electron chi connectivity index (χ1n) is 9.26. The first kappa shape index (κ1) is 17.4. The molecule has 1 aromatic heterocycles. The van der Waals surface area contributed by atoms with Crippen LogP contribution >= 0.6 is 0 Å². The Labute approximate surface area is 159 Å². The minimum atomic E-state index is 0.571. The highest BCUT2D eigenvalue weighted by Crippen LogP contribution is 2.22. The van der Waals surface area contributed by atoms with Crippen LogP contribution in [0.4, 0.5) is 17.6 Å². The van der Waals surface area contributed by atoms with E-state index in [4.69, 9.17) is 9.97 Å². The van der Waals surface area contributed by atoms with Gasteiger partial charge in [0.1, 0.15) is 0 Å². The summed E-state index contributed by atoms with van der Waals surface area (Å²) >= 11 is 0. The molecule has 0 aliphatic carbocycles. The quantitative estimate of drug-likeness (QED) is 0.770. The zero-order chi connectivity index (χ0) is 18.6. The van der Waals surface area contributed by atoms with Gasteiger partial charge in [-0.2, -0.15) is 15.0 Å². The second-order valence-corrected chi connectivity index (χ2v) is 6.93. The highest BCUT2D eigenvalue weighted by Gasteiger charge is 2.19. The predicted octanol–water partition coefficient (Wildman–Crippen LogP) is 3.34. The molecule has 3 aromatic rings. The molecule has 6 nitrogen and oxygen atoms in total. The first-order chi connectivity index (χ1) is 13.2.